The molecule has 2 aromatic rings. The fourth-order valence-corrected chi connectivity index (χ4v) is 5.35. The molecule has 2 fully saturated rings. The molecule has 2 aliphatic rings. The Morgan fingerprint density at radius 3 is 2.29 bits per heavy atom. The van der Waals surface area contributed by atoms with E-state index in [0.717, 1.165) is 30.2 Å². The number of hydrogen-bond acceptors (Lipinski definition) is 4. The number of rotatable bonds is 5. The summed E-state index contributed by atoms with van der Waals surface area (Å²) in [5.74, 6) is -0.264. The zero-order chi connectivity index (χ0) is 25.4. The minimum absolute atomic E-state index is 0.0248. The zero-order valence-electron chi connectivity index (χ0n) is 21.6. The average Bonchev–Trinajstić information content (AvgIpc) is 3.37. The lowest BCUT2D eigenvalue weighted by atomic mass is 9.77. The van der Waals surface area contributed by atoms with Crippen LogP contribution < -0.4 is 5.32 Å². The SMILES string of the molecule is CC(=O)NC(COC(C)(C)C)C(=O)N1CCC2(CCN(C(=O)c3cc4ccccc4n3C)CC2)C1. The van der Waals surface area contributed by atoms with Gasteiger partial charge in [0.15, 0.2) is 0 Å². The molecule has 190 valence electrons. The highest BCUT2D eigenvalue weighted by atomic mass is 16.5. The summed E-state index contributed by atoms with van der Waals surface area (Å²) in [4.78, 5) is 42.1. The molecule has 1 unspecified atom stereocenters. The van der Waals surface area contributed by atoms with Gasteiger partial charge in [-0.1, -0.05) is 18.2 Å². The molecule has 0 saturated carbocycles. The van der Waals surface area contributed by atoms with Gasteiger partial charge in [0.05, 0.1) is 12.2 Å². The maximum Gasteiger partial charge on any atom is 0.270 e. The number of hydrogen-bond donors (Lipinski definition) is 1. The lowest BCUT2D eigenvalue weighted by molar-refractivity contribution is -0.139. The Balaban J connectivity index is 1.37. The van der Waals surface area contributed by atoms with Gasteiger partial charge < -0.3 is 24.4 Å². The van der Waals surface area contributed by atoms with Crippen LogP contribution in [0.2, 0.25) is 0 Å². The van der Waals surface area contributed by atoms with E-state index >= 15 is 0 Å². The summed E-state index contributed by atoms with van der Waals surface area (Å²) in [5, 5.41) is 3.84. The van der Waals surface area contributed by atoms with E-state index in [1.807, 2.05) is 72.5 Å². The highest BCUT2D eigenvalue weighted by Gasteiger charge is 2.44. The first-order chi connectivity index (χ1) is 16.5. The smallest absolute Gasteiger partial charge is 0.270 e. The van der Waals surface area contributed by atoms with Crippen molar-refractivity contribution in [3.63, 3.8) is 0 Å². The van der Waals surface area contributed by atoms with Gasteiger partial charge in [0.1, 0.15) is 11.7 Å². The third-order valence-corrected chi connectivity index (χ3v) is 7.39. The maximum atomic E-state index is 13.3. The molecule has 1 aromatic heterocycles. The van der Waals surface area contributed by atoms with Gasteiger partial charge in [0.2, 0.25) is 11.8 Å². The molecule has 0 bridgehead atoms. The van der Waals surface area contributed by atoms with Crippen LogP contribution in [0.5, 0.6) is 0 Å². The molecule has 1 N–H and O–H groups in total. The van der Waals surface area contributed by atoms with Crippen molar-refractivity contribution in [1.29, 1.82) is 0 Å². The van der Waals surface area contributed by atoms with Gasteiger partial charge >= 0.3 is 0 Å². The first-order valence-electron chi connectivity index (χ1n) is 12.5. The number of amides is 3. The average molecular weight is 483 g/mol. The molecule has 0 aliphatic carbocycles. The molecule has 8 heteroatoms. The summed E-state index contributed by atoms with van der Waals surface area (Å²) in [7, 11) is 1.94. The number of benzene rings is 1. The second kappa shape index (κ2) is 9.64. The Morgan fingerprint density at radius 2 is 1.69 bits per heavy atom. The predicted octanol–water partition coefficient (Wildman–Crippen LogP) is 2.95. The minimum Gasteiger partial charge on any atom is -0.373 e. The van der Waals surface area contributed by atoms with Gasteiger partial charge in [-0.25, -0.2) is 0 Å². The van der Waals surface area contributed by atoms with Gasteiger partial charge in [-0.15, -0.1) is 0 Å². The highest BCUT2D eigenvalue weighted by Crippen LogP contribution is 2.41. The van der Waals surface area contributed by atoms with E-state index in [9.17, 15) is 14.4 Å². The number of para-hydroxylation sites is 1. The van der Waals surface area contributed by atoms with Crippen molar-refractivity contribution < 1.29 is 19.1 Å². The Bertz CT molecular complexity index is 1110. The summed E-state index contributed by atoms with van der Waals surface area (Å²) >= 11 is 0. The number of nitrogens with zero attached hydrogens (tertiary/aromatic N) is 3. The number of likely N-dealkylation sites (tertiary alicyclic amines) is 2. The molecule has 2 aliphatic heterocycles. The van der Waals surface area contributed by atoms with Crippen molar-refractivity contribution in [2.24, 2.45) is 12.5 Å². The van der Waals surface area contributed by atoms with E-state index in [4.69, 9.17) is 4.74 Å². The lowest BCUT2D eigenvalue weighted by Crippen LogP contribution is -2.51. The number of aryl methyl sites for hydroxylation is 1. The fraction of sp³-hybridized carbons (Fsp3) is 0.593. The number of fused-ring (bicyclic) bond motifs is 1. The molecule has 1 atom stereocenters. The van der Waals surface area contributed by atoms with E-state index in [1.165, 1.54) is 6.92 Å². The highest BCUT2D eigenvalue weighted by molar-refractivity contribution is 5.98. The van der Waals surface area contributed by atoms with Crippen LogP contribution in [-0.2, 0) is 21.4 Å². The molecule has 1 spiro atoms. The van der Waals surface area contributed by atoms with Gasteiger partial charge in [-0.2, -0.15) is 0 Å². The van der Waals surface area contributed by atoms with Crippen LogP contribution >= 0.6 is 0 Å². The molecule has 2 saturated heterocycles. The molecular weight excluding hydrogens is 444 g/mol. The van der Waals surface area contributed by atoms with Crippen molar-refractivity contribution in [1.82, 2.24) is 19.7 Å². The van der Waals surface area contributed by atoms with Crippen LogP contribution in [0.25, 0.3) is 10.9 Å². The number of aromatic nitrogens is 1. The molecule has 0 radical (unpaired) electrons. The maximum absolute atomic E-state index is 13.3. The Kier molecular flexibility index (Phi) is 6.95. The van der Waals surface area contributed by atoms with Crippen LogP contribution in [0, 0.1) is 5.41 Å². The number of ether oxygens (including phenoxy) is 1. The zero-order valence-corrected chi connectivity index (χ0v) is 21.6. The molecular formula is C27H38N4O4. The third kappa shape index (κ3) is 5.53. The third-order valence-electron chi connectivity index (χ3n) is 7.39. The van der Waals surface area contributed by atoms with E-state index < -0.39 is 11.6 Å². The van der Waals surface area contributed by atoms with Crippen molar-refractivity contribution in [2.45, 2.75) is 58.6 Å². The summed E-state index contributed by atoms with van der Waals surface area (Å²) in [5.41, 5.74) is 1.39. The van der Waals surface area contributed by atoms with Gasteiger partial charge in [0, 0.05) is 51.1 Å². The molecule has 1 aromatic carbocycles. The molecule has 3 heterocycles. The molecule has 3 amide bonds. The Morgan fingerprint density at radius 1 is 1.06 bits per heavy atom. The largest absolute Gasteiger partial charge is 0.373 e. The topological polar surface area (TPSA) is 83.9 Å². The fourth-order valence-electron chi connectivity index (χ4n) is 5.35. The van der Waals surface area contributed by atoms with Crippen molar-refractivity contribution in [2.75, 3.05) is 32.8 Å². The lowest BCUT2D eigenvalue weighted by Gasteiger charge is -2.39. The normalized spacial score (nSPS) is 18.8. The van der Waals surface area contributed by atoms with Gasteiger partial charge in [-0.05, 0) is 57.6 Å². The summed E-state index contributed by atoms with van der Waals surface area (Å²) in [6.45, 7) is 10.1. The van der Waals surface area contributed by atoms with E-state index in [0.29, 0.717) is 31.9 Å². The first-order valence-corrected chi connectivity index (χ1v) is 12.5. The second-order valence-corrected chi connectivity index (χ2v) is 11.1. The summed E-state index contributed by atoms with van der Waals surface area (Å²) in [6.07, 6.45) is 2.66. The molecule has 4 rings (SSSR count). The second-order valence-electron chi connectivity index (χ2n) is 11.1. The molecule has 35 heavy (non-hydrogen) atoms. The van der Waals surface area contributed by atoms with Crippen LogP contribution in [-0.4, -0.2) is 76.5 Å². The Hall–Kier alpha value is -2.87. The number of piperidine rings is 1. The summed E-state index contributed by atoms with van der Waals surface area (Å²) < 4.78 is 7.79. The standard InChI is InChI=1S/C27H38N4O4/c1-19(32)28-21(17-35-26(2,3)4)24(33)31-15-12-27(18-31)10-13-30(14-11-27)25(34)23-16-20-8-6-7-9-22(20)29(23)5/h6-9,16,21H,10-15,17-18H2,1-5H3,(H,28,32). The van der Waals surface area contributed by atoms with Crippen LogP contribution in [0.1, 0.15) is 57.4 Å². The Labute approximate surface area is 207 Å². The monoisotopic (exact) mass is 482 g/mol. The van der Waals surface area contributed by atoms with Gasteiger partial charge in [0.25, 0.3) is 5.91 Å². The van der Waals surface area contributed by atoms with Crippen molar-refractivity contribution in [3.8, 4) is 0 Å². The first kappa shape index (κ1) is 25.2. The predicted molar refractivity (Wildman–Crippen MR) is 135 cm³/mol. The number of carbonyl (C=O) groups excluding carboxylic acids is 3. The van der Waals surface area contributed by atoms with Crippen LogP contribution in [0.4, 0.5) is 0 Å². The van der Waals surface area contributed by atoms with E-state index in [-0.39, 0.29) is 29.7 Å². The molecule has 8 nitrogen and oxygen atoms in total. The number of carbonyl (C=O) groups is 3. The van der Waals surface area contributed by atoms with E-state index in [1.54, 1.807) is 0 Å². The minimum atomic E-state index is -0.685. The van der Waals surface area contributed by atoms with E-state index in [2.05, 4.69) is 5.32 Å². The van der Waals surface area contributed by atoms with Crippen molar-refractivity contribution in [3.05, 3.63) is 36.0 Å². The quantitative estimate of drug-likeness (QED) is 0.710. The van der Waals surface area contributed by atoms with Crippen LogP contribution in [0.15, 0.2) is 30.3 Å². The number of nitrogens with one attached hydrogen (secondary N) is 1. The van der Waals surface area contributed by atoms with Gasteiger partial charge in [-0.3, -0.25) is 14.4 Å². The summed E-state index contributed by atoms with van der Waals surface area (Å²) in [6, 6.07) is 9.32. The van der Waals surface area contributed by atoms with Crippen molar-refractivity contribution >= 4 is 28.6 Å². The van der Waals surface area contributed by atoms with Crippen LogP contribution in [0.3, 0.4) is 0 Å².